The van der Waals surface area contributed by atoms with Crippen LogP contribution in [0.15, 0.2) is 0 Å². The van der Waals surface area contributed by atoms with E-state index < -0.39 is 34.2 Å². The van der Waals surface area contributed by atoms with Gasteiger partial charge in [-0.1, -0.05) is 43.1 Å². The molecule has 1 spiro atoms. The first-order valence-electron chi connectivity index (χ1n) is 11.8. The summed E-state index contributed by atoms with van der Waals surface area (Å²) in [5.74, 6) is -1.48. The van der Waals surface area contributed by atoms with E-state index in [0.717, 1.165) is 12.8 Å². The van der Waals surface area contributed by atoms with E-state index in [1.54, 1.807) is 16.7 Å². The molecular formula is C23H38BrN3O4S. The molecule has 3 aliphatic rings. The number of aliphatic hydroxyl groups excluding tert-OH is 1. The molecule has 0 radical (unpaired) electrons. The molecule has 3 heterocycles. The van der Waals surface area contributed by atoms with E-state index in [4.69, 9.17) is 0 Å². The van der Waals surface area contributed by atoms with Crippen LogP contribution in [0.2, 0.25) is 0 Å². The first-order valence-corrected chi connectivity index (χ1v) is 13.6. The predicted octanol–water partition coefficient (Wildman–Crippen LogP) is 2.30. The molecule has 3 unspecified atom stereocenters. The highest BCUT2D eigenvalue weighted by molar-refractivity contribution is 9.09. The van der Waals surface area contributed by atoms with Crippen molar-refractivity contribution in [1.82, 2.24) is 15.5 Å². The van der Waals surface area contributed by atoms with Gasteiger partial charge in [-0.05, 0) is 39.5 Å². The maximum absolute atomic E-state index is 14.0. The predicted molar refractivity (Wildman–Crippen MR) is 131 cm³/mol. The maximum atomic E-state index is 14.0. The van der Waals surface area contributed by atoms with Crippen LogP contribution in [-0.4, -0.2) is 73.3 Å². The molecule has 2 bridgehead atoms. The summed E-state index contributed by atoms with van der Waals surface area (Å²) in [7, 11) is 0. The lowest BCUT2D eigenvalue weighted by Gasteiger charge is -2.40. The summed E-state index contributed by atoms with van der Waals surface area (Å²) in [6.07, 6.45) is 2.24. The van der Waals surface area contributed by atoms with Gasteiger partial charge in [-0.3, -0.25) is 14.4 Å². The average molecular weight is 533 g/mol. The Balaban J connectivity index is 2.09. The number of hydrogen-bond acceptors (Lipinski definition) is 5. The van der Waals surface area contributed by atoms with Crippen molar-refractivity contribution in [3.8, 4) is 0 Å². The summed E-state index contributed by atoms with van der Waals surface area (Å²) >= 11 is 5.40. The molecule has 7 nitrogen and oxygen atoms in total. The standard InChI is InChI=1S/C23H38BrN3O4S/c1-7-9-25-19(29)15-16-21(31)27(14(11-28)12(3)8-2)18(20(30)26-22(4,5)6)23(16)10-13(24)17(15)32-23/h12-18,28H,7-11H2,1-6H3,(H,25,29)(H,26,30)/t12-,13?,14-,15-,16-,17-,18?,23?/m0/s1. The molecule has 8 atom stereocenters. The van der Waals surface area contributed by atoms with E-state index in [0.29, 0.717) is 13.0 Å². The first kappa shape index (κ1) is 25.8. The Morgan fingerprint density at radius 2 is 1.97 bits per heavy atom. The highest BCUT2D eigenvalue weighted by Crippen LogP contribution is 2.68. The molecule has 3 N–H and O–H groups in total. The van der Waals surface area contributed by atoms with Crippen LogP contribution in [0, 0.1) is 17.8 Å². The molecule has 9 heteroatoms. The summed E-state index contributed by atoms with van der Waals surface area (Å²) in [6.45, 7) is 12.2. The SMILES string of the molecule is CCCNC(=O)[C@H]1[C@H]2C(=O)N([C@@H](CO)[C@@H](C)CC)C(C(=O)NC(C)(C)C)C23CC(Br)[C@@H]1S3. The van der Waals surface area contributed by atoms with Crippen molar-refractivity contribution >= 4 is 45.4 Å². The van der Waals surface area contributed by atoms with Crippen LogP contribution in [0.25, 0.3) is 0 Å². The Labute approximate surface area is 204 Å². The number of carbonyl (C=O) groups excluding carboxylic acids is 3. The molecule has 182 valence electrons. The molecule has 3 fully saturated rings. The quantitative estimate of drug-likeness (QED) is 0.417. The number of likely N-dealkylation sites (tertiary alicyclic amines) is 1. The van der Waals surface area contributed by atoms with Crippen LogP contribution in [0.5, 0.6) is 0 Å². The van der Waals surface area contributed by atoms with Crippen molar-refractivity contribution in [3.05, 3.63) is 0 Å². The van der Waals surface area contributed by atoms with E-state index in [1.807, 2.05) is 41.5 Å². The van der Waals surface area contributed by atoms with Gasteiger partial charge < -0.3 is 20.6 Å². The van der Waals surface area contributed by atoms with Crippen LogP contribution < -0.4 is 10.6 Å². The number of amides is 3. The highest BCUT2D eigenvalue weighted by atomic mass is 79.9. The summed E-state index contributed by atoms with van der Waals surface area (Å²) in [4.78, 5) is 42.6. The molecule has 3 rings (SSSR count). The van der Waals surface area contributed by atoms with Gasteiger partial charge in [0.05, 0.1) is 29.2 Å². The Hall–Kier alpha value is -0.800. The van der Waals surface area contributed by atoms with E-state index in [1.165, 1.54) is 0 Å². The van der Waals surface area contributed by atoms with Crippen LogP contribution >= 0.6 is 27.7 Å². The molecule has 3 saturated heterocycles. The van der Waals surface area contributed by atoms with Crippen molar-refractivity contribution in [2.75, 3.05) is 13.2 Å². The Morgan fingerprint density at radius 3 is 2.50 bits per heavy atom. The lowest BCUT2D eigenvalue weighted by atomic mass is 9.70. The van der Waals surface area contributed by atoms with Gasteiger partial charge in [0.2, 0.25) is 17.7 Å². The second kappa shape index (κ2) is 9.45. The summed E-state index contributed by atoms with van der Waals surface area (Å²) in [5.41, 5.74) is -0.460. The number of fused-ring (bicyclic) bond motifs is 1. The molecule has 32 heavy (non-hydrogen) atoms. The molecule has 0 saturated carbocycles. The lowest BCUT2D eigenvalue weighted by molar-refractivity contribution is -0.144. The molecule has 3 amide bonds. The van der Waals surface area contributed by atoms with E-state index >= 15 is 0 Å². The summed E-state index contributed by atoms with van der Waals surface area (Å²) < 4.78 is -0.680. The van der Waals surface area contributed by atoms with Crippen LogP contribution in [0.4, 0.5) is 0 Å². The van der Waals surface area contributed by atoms with Crippen molar-refractivity contribution in [2.45, 2.75) is 93.3 Å². The first-order chi connectivity index (χ1) is 14.9. The molecule has 0 aromatic carbocycles. The number of hydrogen-bond donors (Lipinski definition) is 3. The van der Waals surface area contributed by atoms with E-state index in [9.17, 15) is 19.5 Å². The molecule has 0 aromatic rings. The van der Waals surface area contributed by atoms with Gasteiger partial charge in [-0.15, -0.1) is 11.8 Å². The van der Waals surface area contributed by atoms with Crippen LogP contribution in [-0.2, 0) is 14.4 Å². The number of carbonyl (C=O) groups is 3. The van der Waals surface area contributed by atoms with Gasteiger partial charge in [0, 0.05) is 22.2 Å². The zero-order chi connectivity index (χ0) is 24.0. The van der Waals surface area contributed by atoms with E-state index in [2.05, 4.69) is 26.6 Å². The third-order valence-electron chi connectivity index (χ3n) is 7.17. The van der Waals surface area contributed by atoms with Gasteiger partial charge in [-0.25, -0.2) is 0 Å². The fraction of sp³-hybridized carbons (Fsp3) is 0.870. The maximum Gasteiger partial charge on any atom is 0.244 e. The molecular weight excluding hydrogens is 494 g/mol. The van der Waals surface area contributed by atoms with Gasteiger partial charge in [0.1, 0.15) is 6.04 Å². The zero-order valence-electron chi connectivity index (χ0n) is 20.0. The summed E-state index contributed by atoms with van der Waals surface area (Å²) in [5, 5.41) is 16.3. The Kier molecular flexibility index (Phi) is 7.62. The minimum atomic E-state index is -0.718. The van der Waals surface area contributed by atoms with Crippen molar-refractivity contribution in [1.29, 1.82) is 0 Å². The fourth-order valence-electron chi connectivity index (χ4n) is 5.64. The number of halogens is 1. The topological polar surface area (TPSA) is 98.7 Å². The largest absolute Gasteiger partial charge is 0.394 e. The van der Waals surface area contributed by atoms with Crippen LogP contribution in [0.1, 0.15) is 60.8 Å². The third-order valence-corrected chi connectivity index (χ3v) is 10.4. The van der Waals surface area contributed by atoms with Crippen molar-refractivity contribution in [2.24, 2.45) is 17.8 Å². The van der Waals surface area contributed by atoms with Gasteiger partial charge >= 0.3 is 0 Å². The second-order valence-corrected chi connectivity index (χ2v) is 13.3. The number of aliphatic hydroxyl groups is 1. The monoisotopic (exact) mass is 531 g/mol. The van der Waals surface area contributed by atoms with Crippen LogP contribution in [0.3, 0.4) is 0 Å². The lowest BCUT2D eigenvalue weighted by Crippen LogP contribution is -2.60. The van der Waals surface area contributed by atoms with Gasteiger partial charge in [0.15, 0.2) is 0 Å². The fourth-order valence-corrected chi connectivity index (χ4v) is 9.24. The average Bonchev–Trinajstić information content (AvgIpc) is 3.29. The van der Waals surface area contributed by atoms with E-state index in [-0.39, 0.29) is 40.3 Å². The molecule has 0 aromatic heterocycles. The zero-order valence-corrected chi connectivity index (χ0v) is 22.4. The second-order valence-electron chi connectivity index (χ2n) is 10.6. The Morgan fingerprint density at radius 1 is 1.31 bits per heavy atom. The van der Waals surface area contributed by atoms with Gasteiger partial charge in [-0.2, -0.15) is 0 Å². The third kappa shape index (κ3) is 4.22. The smallest absolute Gasteiger partial charge is 0.244 e. The van der Waals surface area contributed by atoms with Gasteiger partial charge in [0.25, 0.3) is 0 Å². The number of thioether (sulfide) groups is 1. The van der Waals surface area contributed by atoms with Crippen molar-refractivity contribution in [3.63, 3.8) is 0 Å². The summed E-state index contributed by atoms with van der Waals surface area (Å²) in [6, 6.07) is -1.18. The number of nitrogens with zero attached hydrogens (tertiary/aromatic N) is 1. The number of alkyl halides is 1. The Bertz CT molecular complexity index is 760. The number of nitrogens with one attached hydrogen (secondary N) is 2. The van der Waals surface area contributed by atoms with Crippen molar-refractivity contribution < 1.29 is 19.5 Å². The number of rotatable bonds is 8. The minimum absolute atomic E-state index is 0.0263. The molecule has 3 aliphatic heterocycles. The minimum Gasteiger partial charge on any atom is -0.394 e. The highest BCUT2D eigenvalue weighted by Gasteiger charge is 2.76. The molecule has 0 aliphatic carbocycles. The normalized spacial score (nSPS) is 35.6.